The molecule has 0 aliphatic rings. The van der Waals surface area contributed by atoms with Crippen LogP contribution in [0.3, 0.4) is 0 Å². The molecule has 92 valence electrons. The number of nitrogens with zero attached hydrogens (tertiary/aromatic N) is 1. The van der Waals surface area contributed by atoms with E-state index >= 15 is 0 Å². The average molecular weight is 226 g/mol. The van der Waals surface area contributed by atoms with Gasteiger partial charge in [-0.25, -0.2) is 0 Å². The zero-order valence-corrected chi connectivity index (χ0v) is 9.86. The van der Waals surface area contributed by atoms with E-state index in [0.717, 1.165) is 6.54 Å². The van der Waals surface area contributed by atoms with Gasteiger partial charge in [0.05, 0.1) is 6.42 Å². The Morgan fingerprint density at radius 1 is 1.20 bits per heavy atom. The summed E-state index contributed by atoms with van der Waals surface area (Å²) in [5.41, 5.74) is 0. The van der Waals surface area contributed by atoms with Gasteiger partial charge in [0.1, 0.15) is 0 Å². The van der Waals surface area contributed by atoms with Gasteiger partial charge >= 0.3 is 6.18 Å². The second-order valence-corrected chi connectivity index (χ2v) is 4.25. The van der Waals surface area contributed by atoms with E-state index in [-0.39, 0.29) is 0 Å². The molecule has 0 aromatic carbocycles. The van der Waals surface area contributed by atoms with Crippen LogP contribution >= 0.6 is 0 Å². The maximum atomic E-state index is 12.0. The van der Waals surface area contributed by atoms with Crippen LogP contribution in [0.15, 0.2) is 0 Å². The number of hydrogen-bond acceptors (Lipinski definition) is 2. The highest BCUT2D eigenvalue weighted by atomic mass is 19.4. The van der Waals surface area contributed by atoms with Gasteiger partial charge in [-0.1, -0.05) is 0 Å². The first-order chi connectivity index (χ1) is 6.72. The summed E-state index contributed by atoms with van der Waals surface area (Å²) in [6.45, 7) is 7.02. The smallest absolute Gasteiger partial charge is 0.313 e. The topological polar surface area (TPSA) is 15.3 Å². The molecule has 1 atom stereocenters. The molecular weight excluding hydrogens is 205 g/mol. The minimum Gasteiger partial charge on any atom is -0.313 e. The summed E-state index contributed by atoms with van der Waals surface area (Å²) in [6, 6.07) is -0.0877. The lowest BCUT2D eigenvalue weighted by Gasteiger charge is -2.22. The van der Waals surface area contributed by atoms with E-state index in [1.165, 1.54) is 0 Å². The Kier molecular flexibility index (Phi) is 6.20. The SMILES string of the molecule is CC(CC(F)(F)F)NCCN(C)C(C)C. The lowest BCUT2D eigenvalue weighted by atomic mass is 10.2. The first-order valence-corrected chi connectivity index (χ1v) is 5.22. The third-order valence-corrected chi connectivity index (χ3v) is 2.38. The number of likely N-dealkylation sites (N-methyl/N-ethyl adjacent to an activating group) is 1. The Bertz CT molecular complexity index is 169. The molecule has 1 unspecified atom stereocenters. The molecule has 0 spiro atoms. The number of rotatable bonds is 6. The monoisotopic (exact) mass is 226 g/mol. The highest BCUT2D eigenvalue weighted by Crippen LogP contribution is 2.21. The molecule has 15 heavy (non-hydrogen) atoms. The molecule has 5 heteroatoms. The van der Waals surface area contributed by atoms with Crippen molar-refractivity contribution in [3.8, 4) is 0 Å². The van der Waals surface area contributed by atoms with Crippen LogP contribution in [0.25, 0.3) is 0 Å². The zero-order valence-electron chi connectivity index (χ0n) is 9.86. The number of halogens is 3. The lowest BCUT2D eigenvalue weighted by molar-refractivity contribution is -0.139. The second kappa shape index (κ2) is 6.33. The molecule has 0 aliphatic heterocycles. The van der Waals surface area contributed by atoms with Crippen LogP contribution in [0.4, 0.5) is 13.2 Å². The Morgan fingerprint density at radius 3 is 2.13 bits per heavy atom. The molecule has 0 heterocycles. The summed E-state index contributed by atoms with van der Waals surface area (Å²) in [5.74, 6) is 0. The molecular formula is C10H21F3N2. The molecule has 0 saturated carbocycles. The fraction of sp³-hybridized carbons (Fsp3) is 1.00. The van der Waals surface area contributed by atoms with Gasteiger partial charge < -0.3 is 10.2 Å². The third-order valence-electron chi connectivity index (χ3n) is 2.38. The van der Waals surface area contributed by atoms with Crippen molar-refractivity contribution < 1.29 is 13.2 Å². The van der Waals surface area contributed by atoms with Crippen LogP contribution in [-0.4, -0.2) is 43.3 Å². The van der Waals surface area contributed by atoms with E-state index in [1.807, 2.05) is 7.05 Å². The number of hydrogen-bond donors (Lipinski definition) is 1. The second-order valence-electron chi connectivity index (χ2n) is 4.25. The Morgan fingerprint density at radius 2 is 1.73 bits per heavy atom. The Hall–Kier alpha value is -0.290. The van der Waals surface area contributed by atoms with Crippen LogP contribution in [-0.2, 0) is 0 Å². The molecule has 0 amide bonds. The fourth-order valence-corrected chi connectivity index (χ4v) is 1.16. The highest BCUT2D eigenvalue weighted by Gasteiger charge is 2.29. The van der Waals surface area contributed by atoms with Crippen molar-refractivity contribution in [2.45, 2.75) is 45.5 Å². The summed E-state index contributed by atoms with van der Waals surface area (Å²) in [7, 11) is 1.96. The Labute approximate surface area is 89.8 Å². The molecule has 0 rings (SSSR count). The summed E-state index contributed by atoms with van der Waals surface area (Å²) < 4.78 is 35.9. The maximum Gasteiger partial charge on any atom is 0.390 e. The average Bonchev–Trinajstić information content (AvgIpc) is 2.00. The van der Waals surface area contributed by atoms with Gasteiger partial charge in [-0.3, -0.25) is 0 Å². The Balaban J connectivity index is 3.60. The van der Waals surface area contributed by atoms with Crippen molar-refractivity contribution in [2.75, 3.05) is 20.1 Å². The first kappa shape index (κ1) is 14.7. The highest BCUT2D eigenvalue weighted by molar-refractivity contribution is 4.67. The molecule has 0 aliphatic carbocycles. The maximum absolute atomic E-state index is 12.0. The molecule has 0 radical (unpaired) electrons. The number of nitrogens with one attached hydrogen (secondary N) is 1. The third kappa shape index (κ3) is 8.69. The minimum absolute atomic E-state index is 0.421. The van der Waals surface area contributed by atoms with Gasteiger partial charge in [0.2, 0.25) is 0 Å². The molecule has 2 nitrogen and oxygen atoms in total. The van der Waals surface area contributed by atoms with Gasteiger partial charge in [-0.2, -0.15) is 13.2 Å². The van der Waals surface area contributed by atoms with Gasteiger partial charge in [0.15, 0.2) is 0 Å². The normalized spacial score (nSPS) is 15.0. The van der Waals surface area contributed by atoms with Crippen LogP contribution in [0.5, 0.6) is 0 Å². The minimum atomic E-state index is -4.07. The molecule has 0 saturated heterocycles. The van der Waals surface area contributed by atoms with Crippen LogP contribution in [0.1, 0.15) is 27.2 Å². The summed E-state index contributed by atoms with van der Waals surface area (Å²) in [4.78, 5) is 2.09. The predicted octanol–water partition coefficient (Wildman–Crippen LogP) is 2.26. The quantitative estimate of drug-likeness (QED) is 0.747. The van der Waals surface area contributed by atoms with E-state index in [2.05, 4.69) is 24.1 Å². The van der Waals surface area contributed by atoms with Crippen molar-refractivity contribution in [3.63, 3.8) is 0 Å². The summed E-state index contributed by atoms with van der Waals surface area (Å²) >= 11 is 0. The van der Waals surface area contributed by atoms with E-state index in [9.17, 15) is 13.2 Å². The summed E-state index contributed by atoms with van der Waals surface area (Å²) in [5, 5.41) is 2.86. The number of alkyl halides is 3. The van der Waals surface area contributed by atoms with Gasteiger partial charge in [0.25, 0.3) is 0 Å². The van der Waals surface area contributed by atoms with Crippen LogP contribution in [0, 0.1) is 0 Å². The largest absolute Gasteiger partial charge is 0.390 e. The van der Waals surface area contributed by atoms with E-state index in [0.29, 0.717) is 12.6 Å². The van der Waals surface area contributed by atoms with E-state index < -0.39 is 18.6 Å². The van der Waals surface area contributed by atoms with Crippen molar-refractivity contribution in [1.29, 1.82) is 0 Å². The molecule has 0 aromatic heterocycles. The van der Waals surface area contributed by atoms with E-state index in [4.69, 9.17) is 0 Å². The van der Waals surface area contributed by atoms with Crippen LogP contribution in [0.2, 0.25) is 0 Å². The standard InChI is InChI=1S/C10H21F3N2/c1-8(2)15(4)6-5-14-9(3)7-10(11,12)13/h8-9,14H,5-7H2,1-4H3. The van der Waals surface area contributed by atoms with E-state index in [1.54, 1.807) is 6.92 Å². The summed E-state index contributed by atoms with van der Waals surface area (Å²) in [6.07, 6.45) is -4.84. The fourth-order valence-electron chi connectivity index (χ4n) is 1.16. The van der Waals surface area contributed by atoms with Gasteiger partial charge in [-0.15, -0.1) is 0 Å². The van der Waals surface area contributed by atoms with Crippen LogP contribution < -0.4 is 5.32 Å². The molecule has 0 fully saturated rings. The molecule has 0 bridgehead atoms. The lowest BCUT2D eigenvalue weighted by Crippen LogP contribution is -2.38. The van der Waals surface area contributed by atoms with Crippen molar-refractivity contribution in [3.05, 3.63) is 0 Å². The molecule has 1 N–H and O–H groups in total. The zero-order chi connectivity index (χ0) is 12.1. The van der Waals surface area contributed by atoms with Gasteiger partial charge in [-0.05, 0) is 27.8 Å². The predicted molar refractivity (Wildman–Crippen MR) is 55.9 cm³/mol. The first-order valence-electron chi connectivity index (χ1n) is 5.22. The van der Waals surface area contributed by atoms with Gasteiger partial charge in [0, 0.05) is 25.2 Å². The van der Waals surface area contributed by atoms with Crippen molar-refractivity contribution in [1.82, 2.24) is 10.2 Å². The van der Waals surface area contributed by atoms with Crippen molar-refractivity contribution >= 4 is 0 Å². The van der Waals surface area contributed by atoms with Crippen molar-refractivity contribution in [2.24, 2.45) is 0 Å². The molecule has 0 aromatic rings.